The normalized spacial score (nSPS) is 12.6. The molecule has 0 aliphatic heterocycles. The summed E-state index contributed by atoms with van der Waals surface area (Å²) >= 11 is 7.24. The SMILES string of the molecule is CCCCCCCCCC(CBr)Cc1cccc(Br)c1. The molecule has 0 aromatic heterocycles. The molecule has 0 heterocycles. The third-order valence-corrected chi connectivity index (χ3v) is 5.26. The minimum Gasteiger partial charge on any atom is -0.0925 e. The zero-order valence-electron chi connectivity index (χ0n) is 12.7. The minimum absolute atomic E-state index is 0.778. The predicted molar refractivity (Wildman–Crippen MR) is 97.7 cm³/mol. The van der Waals surface area contributed by atoms with Gasteiger partial charge in [0, 0.05) is 9.80 Å². The second-order valence-electron chi connectivity index (χ2n) is 5.76. The minimum atomic E-state index is 0.778. The molecule has 0 saturated carbocycles. The molecule has 20 heavy (non-hydrogen) atoms. The molecule has 1 atom stereocenters. The van der Waals surface area contributed by atoms with E-state index in [1.54, 1.807) is 0 Å². The van der Waals surface area contributed by atoms with Gasteiger partial charge in [0.05, 0.1) is 0 Å². The van der Waals surface area contributed by atoms with E-state index in [1.807, 2.05) is 0 Å². The summed E-state index contributed by atoms with van der Waals surface area (Å²) in [5.41, 5.74) is 1.45. The molecule has 1 aromatic carbocycles. The second-order valence-corrected chi connectivity index (χ2v) is 7.33. The van der Waals surface area contributed by atoms with Gasteiger partial charge in [0.25, 0.3) is 0 Å². The molecule has 0 aliphatic rings. The Morgan fingerprint density at radius 2 is 1.70 bits per heavy atom. The van der Waals surface area contributed by atoms with Crippen molar-refractivity contribution >= 4 is 31.9 Å². The van der Waals surface area contributed by atoms with Gasteiger partial charge < -0.3 is 0 Å². The number of hydrogen-bond acceptors (Lipinski definition) is 0. The molecule has 0 fully saturated rings. The van der Waals surface area contributed by atoms with Gasteiger partial charge in [-0.2, -0.15) is 0 Å². The lowest BCUT2D eigenvalue weighted by atomic mass is 9.95. The summed E-state index contributed by atoms with van der Waals surface area (Å²) in [6.45, 7) is 2.28. The van der Waals surface area contributed by atoms with Crippen LogP contribution in [0.5, 0.6) is 0 Å². The molecule has 0 aliphatic carbocycles. The summed E-state index contributed by atoms with van der Waals surface area (Å²) in [6.07, 6.45) is 12.4. The van der Waals surface area contributed by atoms with Crippen molar-refractivity contribution in [3.8, 4) is 0 Å². The Morgan fingerprint density at radius 3 is 2.35 bits per heavy atom. The van der Waals surface area contributed by atoms with E-state index >= 15 is 0 Å². The molecular weight excluding hydrogens is 376 g/mol. The van der Waals surface area contributed by atoms with Gasteiger partial charge in [-0.3, -0.25) is 0 Å². The first-order valence-electron chi connectivity index (χ1n) is 8.06. The van der Waals surface area contributed by atoms with Crippen LogP contribution < -0.4 is 0 Å². The standard InChI is InChI=1S/C18H28Br2/c1-2-3-4-5-6-7-8-10-17(15-19)13-16-11-9-12-18(20)14-16/h9,11-12,14,17H,2-8,10,13,15H2,1H3. The van der Waals surface area contributed by atoms with Gasteiger partial charge in [-0.1, -0.05) is 95.9 Å². The van der Waals surface area contributed by atoms with Gasteiger partial charge in [0.15, 0.2) is 0 Å². The van der Waals surface area contributed by atoms with Crippen LogP contribution in [0.15, 0.2) is 28.7 Å². The average Bonchev–Trinajstić information content (AvgIpc) is 2.45. The number of alkyl halides is 1. The third-order valence-electron chi connectivity index (χ3n) is 3.85. The fraction of sp³-hybridized carbons (Fsp3) is 0.667. The smallest absolute Gasteiger partial charge is 0.0177 e. The first-order valence-corrected chi connectivity index (χ1v) is 9.98. The van der Waals surface area contributed by atoms with E-state index in [2.05, 4.69) is 63.0 Å². The highest BCUT2D eigenvalue weighted by Gasteiger charge is 2.08. The Balaban J connectivity index is 2.16. The Hall–Kier alpha value is 0.180. The monoisotopic (exact) mass is 402 g/mol. The van der Waals surface area contributed by atoms with E-state index in [4.69, 9.17) is 0 Å². The molecule has 0 spiro atoms. The van der Waals surface area contributed by atoms with E-state index in [0.29, 0.717) is 0 Å². The molecular formula is C18H28Br2. The number of halogens is 2. The maximum atomic E-state index is 3.68. The fourth-order valence-corrected chi connectivity index (χ4v) is 3.62. The Bertz CT molecular complexity index is 349. The summed E-state index contributed by atoms with van der Waals surface area (Å²) in [5, 5.41) is 1.12. The van der Waals surface area contributed by atoms with Crippen molar-refractivity contribution < 1.29 is 0 Å². The molecule has 0 saturated heterocycles. The van der Waals surface area contributed by atoms with Crippen LogP contribution in [0, 0.1) is 5.92 Å². The largest absolute Gasteiger partial charge is 0.0925 e. The summed E-state index contributed by atoms with van der Waals surface area (Å²) in [7, 11) is 0. The van der Waals surface area contributed by atoms with Gasteiger partial charge in [-0.15, -0.1) is 0 Å². The van der Waals surface area contributed by atoms with Crippen molar-refractivity contribution in [2.45, 2.75) is 64.7 Å². The molecule has 114 valence electrons. The van der Waals surface area contributed by atoms with Crippen LogP contribution in [-0.4, -0.2) is 5.33 Å². The Morgan fingerprint density at radius 1 is 1.00 bits per heavy atom. The van der Waals surface area contributed by atoms with Crippen LogP contribution >= 0.6 is 31.9 Å². The second kappa shape index (κ2) is 11.8. The average molecular weight is 404 g/mol. The summed E-state index contributed by atoms with van der Waals surface area (Å²) in [6, 6.07) is 8.73. The molecule has 0 radical (unpaired) electrons. The van der Waals surface area contributed by atoms with E-state index in [-0.39, 0.29) is 0 Å². The van der Waals surface area contributed by atoms with Crippen LogP contribution in [0.4, 0.5) is 0 Å². The first-order chi connectivity index (χ1) is 9.76. The van der Waals surface area contributed by atoms with E-state index in [0.717, 1.165) is 11.2 Å². The lowest BCUT2D eigenvalue weighted by Gasteiger charge is -2.14. The lowest BCUT2D eigenvalue weighted by molar-refractivity contribution is 0.487. The highest BCUT2D eigenvalue weighted by Crippen LogP contribution is 2.21. The van der Waals surface area contributed by atoms with Crippen molar-refractivity contribution in [3.05, 3.63) is 34.3 Å². The molecule has 1 rings (SSSR count). The van der Waals surface area contributed by atoms with Crippen LogP contribution in [0.2, 0.25) is 0 Å². The fourth-order valence-electron chi connectivity index (χ4n) is 2.62. The number of hydrogen-bond donors (Lipinski definition) is 0. The van der Waals surface area contributed by atoms with Crippen LogP contribution in [-0.2, 0) is 6.42 Å². The zero-order chi connectivity index (χ0) is 14.6. The molecule has 0 bridgehead atoms. The highest BCUT2D eigenvalue weighted by atomic mass is 79.9. The maximum absolute atomic E-state index is 3.68. The number of benzene rings is 1. The Kier molecular flexibility index (Phi) is 10.8. The summed E-state index contributed by atoms with van der Waals surface area (Å²) < 4.78 is 1.19. The van der Waals surface area contributed by atoms with Crippen LogP contribution in [0.1, 0.15) is 63.9 Å². The van der Waals surface area contributed by atoms with Crippen LogP contribution in [0.3, 0.4) is 0 Å². The van der Waals surface area contributed by atoms with E-state index < -0.39 is 0 Å². The topological polar surface area (TPSA) is 0 Å². The summed E-state index contributed by atoms with van der Waals surface area (Å²) in [5.74, 6) is 0.778. The van der Waals surface area contributed by atoms with Crippen molar-refractivity contribution in [2.24, 2.45) is 5.92 Å². The van der Waals surface area contributed by atoms with Crippen LogP contribution in [0.25, 0.3) is 0 Å². The highest BCUT2D eigenvalue weighted by molar-refractivity contribution is 9.10. The maximum Gasteiger partial charge on any atom is 0.0177 e. The van der Waals surface area contributed by atoms with Gasteiger partial charge >= 0.3 is 0 Å². The molecule has 1 unspecified atom stereocenters. The Labute approximate surface area is 142 Å². The number of unbranched alkanes of at least 4 members (excludes halogenated alkanes) is 6. The van der Waals surface area contributed by atoms with E-state index in [1.165, 1.54) is 67.8 Å². The third kappa shape index (κ3) is 8.46. The molecule has 1 aromatic rings. The van der Waals surface area contributed by atoms with Crippen molar-refractivity contribution in [2.75, 3.05) is 5.33 Å². The lowest BCUT2D eigenvalue weighted by Crippen LogP contribution is -2.06. The van der Waals surface area contributed by atoms with Gasteiger partial charge in [-0.05, 0) is 36.5 Å². The molecule has 2 heteroatoms. The van der Waals surface area contributed by atoms with Gasteiger partial charge in [-0.25, -0.2) is 0 Å². The molecule has 0 amide bonds. The quantitative estimate of drug-likeness (QED) is 0.272. The van der Waals surface area contributed by atoms with Gasteiger partial charge in [0.1, 0.15) is 0 Å². The molecule has 0 N–H and O–H groups in total. The number of rotatable bonds is 11. The summed E-state index contributed by atoms with van der Waals surface area (Å²) in [4.78, 5) is 0. The van der Waals surface area contributed by atoms with Crippen molar-refractivity contribution in [1.82, 2.24) is 0 Å². The van der Waals surface area contributed by atoms with Crippen molar-refractivity contribution in [1.29, 1.82) is 0 Å². The molecule has 0 nitrogen and oxygen atoms in total. The first kappa shape index (κ1) is 18.2. The van der Waals surface area contributed by atoms with Crippen molar-refractivity contribution in [3.63, 3.8) is 0 Å². The zero-order valence-corrected chi connectivity index (χ0v) is 15.9. The van der Waals surface area contributed by atoms with Gasteiger partial charge in [0.2, 0.25) is 0 Å². The predicted octanol–water partition coefficient (Wildman–Crippen LogP) is 7.14. The van der Waals surface area contributed by atoms with E-state index in [9.17, 15) is 0 Å².